The van der Waals surface area contributed by atoms with Crippen molar-refractivity contribution in [3.05, 3.63) is 0 Å². The largest absolute Gasteiger partial charge is 0.341 e. The van der Waals surface area contributed by atoms with E-state index >= 15 is 0 Å². The molecular weight excluding hydrogens is 262 g/mol. The first kappa shape index (κ1) is 18.4. The average Bonchev–Trinajstić information content (AvgIpc) is 2.84. The Bertz CT molecular complexity index is 307. The fourth-order valence-corrected chi connectivity index (χ4v) is 3.23. The first-order chi connectivity index (χ1) is 9.90. The van der Waals surface area contributed by atoms with Gasteiger partial charge in [0, 0.05) is 31.6 Å². The number of likely N-dealkylation sites (N-methyl/N-ethyl adjacent to an activating group) is 1. The molecule has 0 heterocycles. The minimum absolute atomic E-state index is 0.235. The second kappa shape index (κ2) is 8.74. The highest BCUT2D eigenvalue weighted by atomic mass is 16.2. The second-order valence-electron chi connectivity index (χ2n) is 7.01. The van der Waals surface area contributed by atoms with Gasteiger partial charge in [0.25, 0.3) is 0 Å². The van der Waals surface area contributed by atoms with E-state index in [-0.39, 0.29) is 11.4 Å². The van der Waals surface area contributed by atoms with Crippen LogP contribution in [-0.4, -0.2) is 54.0 Å². The normalized spacial score (nSPS) is 17.7. The van der Waals surface area contributed by atoms with E-state index < -0.39 is 0 Å². The number of amides is 1. The highest BCUT2D eigenvalue weighted by Crippen LogP contribution is 2.30. The smallest absolute Gasteiger partial charge is 0.224 e. The van der Waals surface area contributed by atoms with E-state index in [1.54, 1.807) is 0 Å². The summed E-state index contributed by atoms with van der Waals surface area (Å²) in [5.41, 5.74) is 6.14. The molecule has 21 heavy (non-hydrogen) atoms. The van der Waals surface area contributed by atoms with Crippen LogP contribution in [0.3, 0.4) is 0 Å². The van der Waals surface area contributed by atoms with Crippen molar-refractivity contribution in [2.75, 3.05) is 32.7 Å². The van der Waals surface area contributed by atoms with E-state index in [1.807, 2.05) is 4.90 Å². The number of nitrogens with two attached hydrogens (primary N) is 1. The van der Waals surface area contributed by atoms with E-state index in [1.165, 1.54) is 12.8 Å². The van der Waals surface area contributed by atoms with Crippen LogP contribution in [0.5, 0.6) is 0 Å². The first-order valence-electron chi connectivity index (χ1n) is 8.69. The molecule has 0 bridgehead atoms. The molecule has 0 aromatic heterocycles. The molecular formula is C17H35N3O. The van der Waals surface area contributed by atoms with Crippen LogP contribution >= 0.6 is 0 Å². The first-order valence-corrected chi connectivity index (χ1v) is 8.69. The lowest BCUT2D eigenvalue weighted by atomic mass is 9.94. The zero-order valence-electron chi connectivity index (χ0n) is 14.5. The maximum absolute atomic E-state index is 12.7. The summed E-state index contributed by atoms with van der Waals surface area (Å²) in [6.45, 7) is 13.4. The van der Waals surface area contributed by atoms with Crippen LogP contribution in [-0.2, 0) is 4.79 Å². The Morgan fingerprint density at radius 3 is 2.19 bits per heavy atom. The number of carbonyl (C=O) groups is 1. The van der Waals surface area contributed by atoms with Gasteiger partial charge in [-0.2, -0.15) is 0 Å². The molecule has 1 aliphatic rings. The number of rotatable bonds is 9. The minimum atomic E-state index is -0.235. The van der Waals surface area contributed by atoms with Crippen molar-refractivity contribution in [2.24, 2.45) is 11.7 Å². The van der Waals surface area contributed by atoms with Gasteiger partial charge in [-0.3, -0.25) is 4.79 Å². The molecule has 1 saturated carbocycles. The molecule has 1 fully saturated rings. The monoisotopic (exact) mass is 297 g/mol. The van der Waals surface area contributed by atoms with Crippen LogP contribution < -0.4 is 5.73 Å². The van der Waals surface area contributed by atoms with E-state index in [2.05, 4.69) is 32.6 Å². The predicted molar refractivity (Wildman–Crippen MR) is 89.2 cm³/mol. The summed E-state index contributed by atoms with van der Waals surface area (Å²) in [6, 6.07) is 0. The van der Waals surface area contributed by atoms with Gasteiger partial charge in [-0.25, -0.2) is 0 Å². The maximum atomic E-state index is 12.7. The molecule has 4 nitrogen and oxygen atoms in total. The molecule has 0 saturated heterocycles. The quantitative estimate of drug-likeness (QED) is 0.711. The highest BCUT2D eigenvalue weighted by molar-refractivity contribution is 5.77. The van der Waals surface area contributed by atoms with Crippen molar-refractivity contribution in [2.45, 2.75) is 65.3 Å². The van der Waals surface area contributed by atoms with E-state index in [0.29, 0.717) is 12.3 Å². The molecule has 0 radical (unpaired) electrons. The standard InChI is InChI=1S/C17H35N3O/c1-5-19(6-2)11-12-20(14-15(3)4)16(21)13-17(18)9-7-8-10-17/h15H,5-14,18H2,1-4H3. The Morgan fingerprint density at radius 2 is 1.71 bits per heavy atom. The zero-order valence-corrected chi connectivity index (χ0v) is 14.5. The number of hydrogen-bond donors (Lipinski definition) is 1. The lowest BCUT2D eigenvalue weighted by molar-refractivity contribution is -0.133. The topological polar surface area (TPSA) is 49.6 Å². The summed E-state index contributed by atoms with van der Waals surface area (Å²) >= 11 is 0. The predicted octanol–water partition coefficient (Wildman–Crippen LogP) is 2.47. The summed E-state index contributed by atoms with van der Waals surface area (Å²) < 4.78 is 0. The van der Waals surface area contributed by atoms with Crippen LogP contribution in [0.4, 0.5) is 0 Å². The van der Waals surface area contributed by atoms with Gasteiger partial charge in [-0.15, -0.1) is 0 Å². The zero-order chi connectivity index (χ0) is 15.9. The minimum Gasteiger partial charge on any atom is -0.341 e. The van der Waals surface area contributed by atoms with Gasteiger partial charge in [0.15, 0.2) is 0 Å². The molecule has 1 rings (SSSR count). The van der Waals surface area contributed by atoms with Crippen molar-refractivity contribution < 1.29 is 4.79 Å². The maximum Gasteiger partial charge on any atom is 0.224 e. The third kappa shape index (κ3) is 6.35. The summed E-state index contributed by atoms with van der Waals surface area (Å²) in [5.74, 6) is 0.753. The van der Waals surface area contributed by atoms with Crippen LogP contribution in [0, 0.1) is 5.92 Å². The van der Waals surface area contributed by atoms with Crippen LogP contribution in [0.15, 0.2) is 0 Å². The van der Waals surface area contributed by atoms with Crippen LogP contribution in [0.2, 0.25) is 0 Å². The van der Waals surface area contributed by atoms with Crippen molar-refractivity contribution >= 4 is 5.91 Å². The van der Waals surface area contributed by atoms with Gasteiger partial charge >= 0.3 is 0 Å². The van der Waals surface area contributed by atoms with Gasteiger partial charge in [0.05, 0.1) is 0 Å². The molecule has 0 aliphatic heterocycles. The lowest BCUT2D eigenvalue weighted by Crippen LogP contribution is -2.46. The van der Waals surface area contributed by atoms with Crippen molar-refractivity contribution in [1.29, 1.82) is 0 Å². The van der Waals surface area contributed by atoms with Gasteiger partial charge in [-0.05, 0) is 31.8 Å². The molecule has 2 N–H and O–H groups in total. The van der Waals surface area contributed by atoms with Crippen molar-refractivity contribution in [3.8, 4) is 0 Å². The van der Waals surface area contributed by atoms with Gasteiger partial charge in [0.1, 0.15) is 0 Å². The fraction of sp³-hybridized carbons (Fsp3) is 0.941. The van der Waals surface area contributed by atoms with E-state index in [0.717, 1.165) is 45.6 Å². The summed E-state index contributed by atoms with van der Waals surface area (Å²) in [4.78, 5) is 17.1. The Morgan fingerprint density at radius 1 is 1.14 bits per heavy atom. The SMILES string of the molecule is CCN(CC)CCN(CC(C)C)C(=O)CC1(N)CCCC1. The van der Waals surface area contributed by atoms with Gasteiger partial charge in [-0.1, -0.05) is 40.5 Å². The highest BCUT2D eigenvalue weighted by Gasteiger charge is 2.33. The van der Waals surface area contributed by atoms with E-state index in [9.17, 15) is 4.79 Å². The summed E-state index contributed by atoms with van der Waals surface area (Å²) in [7, 11) is 0. The van der Waals surface area contributed by atoms with E-state index in [4.69, 9.17) is 5.73 Å². The van der Waals surface area contributed by atoms with Gasteiger partial charge in [0.2, 0.25) is 5.91 Å². The molecule has 1 amide bonds. The van der Waals surface area contributed by atoms with Crippen LogP contribution in [0.1, 0.15) is 59.8 Å². The molecule has 124 valence electrons. The molecule has 4 heteroatoms. The average molecular weight is 297 g/mol. The fourth-order valence-electron chi connectivity index (χ4n) is 3.23. The van der Waals surface area contributed by atoms with Gasteiger partial charge < -0.3 is 15.5 Å². The third-order valence-electron chi connectivity index (χ3n) is 4.62. The Labute approximate surface area is 131 Å². The Kier molecular flexibility index (Phi) is 7.67. The van der Waals surface area contributed by atoms with Crippen molar-refractivity contribution in [3.63, 3.8) is 0 Å². The second-order valence-corrected chi connectivity index (χ2v) is 7.01. The van der Waals surface area contributed by atoms with Crippen LogP contribution in [0.25, 0.3) is 0 Å². The molecule has 0 aromatic rings. The third-order valence-corrected chi connectivity index (χ3v) is 4.62. The summed E-state index contributed by atoms with van der Waals surface area (Å²) in [6.07, 6.45) is 4.88. The van der Waals surface area contributed by atoms with Crippen molar-refractivity contribution in [1.82, 2.24) is 9.80 Å². The molecule has 1 aliphatic carbocycles. The lowest BCUT2D eigenvalue weighted by Gasteiger charge is -2.31. The number of hydrogen-bond acceptors (Lipinski definition) is 3. The summed E-state index contributed by atoms with van der Waals surface area (Å²) in [5, 5.41) is 0. The Balaban J connectivity index is 2.56. The Hall–Kier alpha value is -0.610. The molecule has 0 atom stereocenters. The molecule has 0 aromatic carbocycles. The molecule has 0 spiro atoms. The molecule has 0 unspecified atom stereocenters. The number of carbonyl (C=O) groups excluding carboxylic acids is 1. The number of nitrogens with zero attached hydrogens (tertiary/aromatic N) is 2.